The van der Waals surface area contributed by atoms with E-state index in [0.717, 1.165) is 24.2 Å². The predicted molar refractivity (Wildman–Crippen MR) is 85.8 cm³/mol. The number of nitrogens with one attached hydrogen (secondary N) is 2. The van der Waals surface area contributed by atoms with Gasteiger partial charge in [-0.3, -0.25) is 14.5 Å². The Bertz CT molecular complexity index is 618. The van der Waals surface area contributed by atoms with Crippen LogP contribution in [0.25, 0.3) is 0 Å². The van der Waals surface area contributed by atoms with Crippen molar-refractivity contribution in [3.05, 3.63) is 24.2 Å². The second-order valence-electron chi connectivity index (χ2n) is 6.61. The maximum absolute atomic E-state index is 12.7. The number of imide groups is 1. The number of urea groups is 1. The fourth-order valence-corrected chi connectivity index (χ4v) is 3.54. The van der Waals surface area contributed by atoms with Crippen molar-refractivity contribution in [3.63, 3.8) is 0 Å². The van der Waals surface area contributed by atoms with Crippen molar-refractivity contribution in [3.8, 4) is 0 Å². The van der Waals surface area contributed by atoms with E-state index < -0.39 is 11.6 Å². The molecule has 1 aliphatic heterocycles. The third kappa shape index (κ3) is 3.16. The highest BCUT2D eigenvalue weighted by Gasteiger charge is 2.52. The van der Waals surface area contributed by atoms with Crippen LogP contribution in [0.15, 0.2) is 22.8 Å². The first-order chi connectivity index (χ1) is 11.5. The van der Waals surface area contributed by atoms with Gasteiger partial charge in [0.1, 0.15) is 17.8 Å². The van der Waals surface area contributed by atoms with Gasteiger partial charge in [0.25, 0.3) is 5.91 Å². The Morgan fingerprint density at radius 3 is 2.79 bits per heavy atom. The van der Waals surface area contributed by atoms with Crippen molar-refractivity contribution < 1.29 is 18.8 Å². The normalized spacial score (nSPS) is 26.7. The van der Waals surface area contributed by atoms with E-state index in [4.69, 9.17) is 4.42 Å². The lowest BCUT2D eigenvalue weighted by atomic mass is 9.75. The van der Waals surface area contributed by atoms with Crippen LogP contribution >= 0.6 is 0 Å². The van der Waals surface area contributed by atoms with Crippen LogP contribution in [0, 0.1) is 5.92 Å². The number of amides is 4. The van der Waals surface area contributed by atoms with Gasteiger partial charge in [0.2, 0.25) is 5.91 Å². The maximum atomic E-state index is 12.7. The highest BCUT2D eigenvalue weighted by Crippen LogP contribution is 2.37. The van der Waals surface area contributed by atoms with Gasteiger partial charge in [0.15, 0.2) is 0 Å². The Kier molecular flexibility index (Phi) is 4.59. The van der Waals surface area contributed by atoms with Gasteiger partial charge >= 0.3 is 6.03 Å². The summed E-state index contributed by atoms with van der Waals surface area (Å²) in [5, 5.41) is 5.48. The Balaban J connectivity index is 1.57. The lowest BCUT2D eigenvalue weighted by Crippen LogP contribution is -2.50. The van der Waals surface area contributed by atoms with Gasteiger partial charge < -0.3 is 15.1 Å². The maximum Gasteiger partial charge on any atom is 0.325 e. The molecule has 3 rings (SSSR count). The monoisotopic (exact) mass is 333 g/mol. The van der Waals surface area contributed by atoms with Crippen LogP contribution in [0.2, 0.25) is 0 Å². The summed E-state index contributed by atoms with van der Waals surface area (Å²) in [5.74, 6) is 0.588. The molecule has 7 heteroatoms. The van der Waals surface area contributed by atoms with Gasteiger partial charge in [-0.05, 0) is 43.7 Å². The molecule has 1 aromatic rings. The number of carbonyl (C=O) groups is 3. The quantitative estimate of drug-likeness (QED) is 0.804. The van der Waals surface area contributed by atoms with E-state index in [9.17, 15) is 14.4 Å². The molecule has 2 fully saturated rings. The molecule has 1 aromatic heterocycles. The standard InChI is InChI=1S/C17H23N3O4/c1-2-12-5-7-17(8-6-12)15(22)20(16(23)19-17)11-14(21)18-10-13-4-3-9-24-13/h3-4,9,12H,2,5-8,10-11H2,1H3,(H,18,21)(H,19,23). The molecule has 24 heavy (non-hydrogen) atoms. The van der Waals surface area contributed by atoms with Crippen molar-refractivity contribution in [1.29, 1.82) is 0 Å². The second kappa shape index (κ2) is 6.67. The SMILES string of the molecule is CCC1CCC2(CC1)NC(=O)N(CC(=O)NCc1ccco1)C2=O. The molecule has 2 N–H and O–H groups in total. The summed E-state index contributed by atoms with van der Waals surface area (Å²) in [6.07, 6.45) is 5.79. The van der Waals surface area contributed by atoms with Crippen molar-refractivity contribution in [1.82, 2.24) is 15.5 Å². The number of nitrogens with zero attached hydrogens (tertiary/aromatic N) is 1. The van der Waals surface area contributed by atoms with Crippen molar-refractivity contribution in [2.75, 3.05) is 6.54 Å². The smallest absolute Gasteiger partial charge is 0.325 e. The molecule has 0 atom stereocenters. The summed E-state index contributed by atoms with van der Waals surface area (Å²) in [7, 11) is 0. The molecule has 7 nitrogen and oxygen atoms in total. The van der Waals surface area contributed by atoms with E-state index in [2.05, 4.69) is 17.6 Å². The molecule has 0 radical (unpaired) electrons. The first kappa shape index (κ1) is 16.5. The lowest BCUT2D eigenvalue weighted by molar-refractivity contribution is -0.136. The molecular formula is C17H23N3O4. The second-order valence-corrected chi connectivity index (χ2v) is 6.61. The molecule has 2 aliphatic rings. The molecular weight excluding hydrogens is 310 g/mol. The minimum absolute atomic E-state index is 0.235. The van der Waals surface area contributed by atoms with Crippen LogP contribution in [0.1, 0.15) is 44.8 Å². The minimum atomic E-state index is -0.802. The zero-order valence-corrected chi connectivity index (χ0v) is 13.8. The van der Waals surface area contributed by atoms with E-state index in [-0.39, 0.29) is 24.9 Å². The molecule has 0 unspecified atom stereocenters. The largest absolute Gasteiger partial charge is 0.467 e. The van der Waals surface area contributed by atoms with Gasteiger partial charge in [-0.25, -0.2) is 4.79 Å². The van der Waals surface area contributed by atoms with Gasteiger partial charge in [0, 0.05) is 0 Å². The Morgan fingerprint density at radius 1 is 1.42 bits per heavy atom. The third-order valence-electron chi connectivity index (χ3n) is 5.12. The van der Waals surface area contributed by atoms with Crippen LogP contribution in [-0.2, 0) is 16.1 Å². The number of furan rings is 1. The average Bonchev–Trinajstić information content (AvgIpc) is 3.17. The van der Waals surface area contributed by atoms with Crippen LogP contribution < -0.4 is 10.6 Å². The Hall–Kier alpha value is -2.31. The van der Waals surface area contributed by atoms with Gasteiger partial charge in [0.05, 0.1) is 12.8 Å². The van der Waals surface area contributed by atoms with Gasteiger partial charge in [-0.15, -0.1) is 0 Å². The van der Waals surface area contributed by atoms with Crippen molar-refractivity contribution >= 4 is 17.8 Å². The Morgan fingerprint density at radius 2 is 2.17 bits per heavy atom. The highest BCUT2D eigenvalue weighted by atomic mass is 16.3. The molecule has 1 spiro atoms. The summed E-state index contributed by atoms with van der Waals surface area (Å²) < 4.78 is 5.13. The van der Waals surface area contributed by atoms with E-state index in [1.807, 2.05) is 0 Å². The number of rotatable bonds is 5. The zero-order valence-electron chi connectivity index (χ0n) is 13.8. The van der Waals surface area contributed by atoms with Crippen LogP contribution in [0.3, 0.4) is 0 Å². The first-order valence-corrected chi connectivity index (χ1v) is 8.47. The number of carbonyl (C=O) groups excluding carboxylic acids is 3. The van der Waals surface area contributed by atoms with E-state index in [0.29, 0.717) is 24.5 Å². The molecule has 1 saturated heterocycles. The molecule has 0 bridgehead atoms. The molecule has 0 aromatic carbocycles. The van der Waals surface area contributed by atoms with Gasteiger partial charge in [-0.1, -0.05) is 13.3 Å². The van der Waals surface area contributed by atoms with E-state index >= 15 is 0 Å². The predicted octanol–water partition coefficient (Wildman–Crippen LogP) is 1.79. The van der Waals surface area contributed by atoms with E-state index in [1.165, 1.54) is 6.26 Å². The Labute approximate surface area is 140 Å². The average molecular weight is 333 g/mol. The summed E-state index contributed by atoms with van der Waals surface area (Å²) in [6, 6.07) is 3.01. The van der Waals surface area contributed by atoms with Crippen LogP contribution in [0.4, 0.5) is 4.79 Å². The van der Waals surface area contributed by atoms with Crippen LogP contribution in [0.5, 0.6) is 0 Å². The molecule has 130 valence electrons. The molecule has 4 amide bonds. The fourth-order valence-electron chi connectivity index (χ4n) is 3.54. The van der Waals surface area contributed by atoms with Gasteiger partial charge in [-0.2, -0.15) is 0 Å². The lowest BCUT2D eigenvalue weighted by Gasteiger charge is -2.34. The summed E-state index contributed by atoms with van der Waals surface area (Å²) in [6.45, 7) is 2.12. The highest BCUT2D eigenvalue weighted by molar-refractivity contribution is 6.09. The molecule has 2 heterocycles. The summed E-state index contributed by atoms with van der Waals surface area (Å²) >= 11 is 0. The van der Waals surface area contributed by atoms with Crippen molar-refractivity contribution in [2.24, 2.45) is 5.92 Å². The third-order valence-corrected chi connectivity index (χ3v) is 5.12. The van der Waals surface area contributed by atoms with Crippen LogP contribution in [-0.4, -0.2) is 34.8 Å². The van der Waals surface area contributed by atoms with E-state index in [1.54, 1.807) is 12.1 Å². The van der Waals surface area contributed by atoms with Crippen molar-refractivity contribution in [2.45, 2.75) is 51.1 Å². The summed E-state index contributed by atoms with van der Waals surface area (Å²) in [4.78, 5) is 37.9. The minimum Gasteiger partial charge on any atom is -0.467 e. The first-order valence-electron chi connectivity index (χ1n) is 8.47. The summed E-state index contributed by atoms with van der Waals surface area (Å²) in [5.41, 5.74) is -0.802. The molecule has 1 saturated carbocycles. The number of hydrogen-bond donors (Lipinski definition) is 2. The fraction of sp³-hybridized carbons (Fsp3) is 0.588. The topological polar surface area (TPSA) is 91.7 Å². The number of hydrogen-bond acceptors (Lipinski definition) is 4. The zero-order chi connectivity index (χ0) is 17.2. The molecule has 1 aliphatic carbocycles.